The van der Waals surface area contributed by atoms with Crippen molar-refractivity contribution in [2.45, 2.75) is 39.2 Å². The Labute approximate surface area is 206 Å². The van der Waals surface area contributed by atoms with E-state index in [1.165, 1.54) is 5.56 Å². The summed E-state index contributed by atoms with van der Waals surface area (Å²) >= 11 is 6.23. The molecule has 1 heterocycles. The van der Waals surface area contributed by atoms with Crippen LogP contribution in [0.25, 0.3) is 0 Å². The van der Waals surface area contributed by atoms with Crippen LogP contribution < -0.4 is 16.4 Å². The van der Waals surface area contributed by atoms with Gasteiger partial charge in [0.15, 0.2) is 0 Å². The van der Waals surface area contributed by atoms with E-state index >= 15 is 0 Å². The third-order valence-corrected chi connectivity index (χ3v) is 6.92. The zero-order valence-corrected chi connectivity index (χ0v) is 20.4. The number of likely N-dealkylation sites (tertiary alicyclic amines) is 1. The molecule has 0 spiro atoms. The molecule has 0 aliphatic carbocycles. The van der Waals surface area contributed by atoms with Crippen molar-refractivity contribution in [3.63, 3.8) is 0 Å². The van der Waals surface area contributed by atoms with E-state index in [0.29, 0.717) is 37.5 Å². The minimum absolute atomic E-state index is 0.0563. The number of nitrogens with two attached hydrogens (primary N) is 1. The third-order valence-electron chi connectivity index (χ3n) is 6.55. The summed E-state index contributed by atoms with van der Waals surface area (Å²) < 4.78 is 0. The molecular weight excluding hydrogens is 452 g/mol. The predicted octanol–water partition coefficient (Wildman–Crippen LogP) is 2.44. The van der Waals surface area contributed by atoms with Gasteiger partial charge in [-0.15, -0.1) is 0 Å². The minimum atomic E-state index is -0.811. The van der Waals surface area contributed by atoms with Crippen LogP contribution in [0, 0.1) is 5.41 Å². The maximum absolute atomic E-state index is 13.4. The standard InChI is InChI=1S/C26H33ClN4O3/c1-2-19-7-9-20(10-8-19)15-23(32)30-18-26(11-13-31(14-12-26)24(33)16-28)25(34)29-17-21-5-3-4-6-22(21)27/h3-10H,2,11-18,28H2,1H3,(H,29,34)(H,30,32). The lowest BCUT2D eigenvalue weighted by Gasteiger charge is -2.40. The van der Waals surface area contributed by atoms with Crippen LogP contribution in [0.5, 0.6) is 0 Å². The van der Waals surface area contributed by atoms with Crippen LogP contribution in [0.4, 0.5) is 0 Å². The molecule has 1 saturated heterocycles. The number of hydrogen-bond acceptors (Lipinski definition) is 4. The monoisotopic (exact) mass is 484 g/mol. The molecule has 2 aromatic rings. The van der Waals surface area contributed by atoms with Crippen molar-refractivity contribution in [1.82, 2.24) is 15.5 Å². The summed E-state index contributed by atoms with van der Waals surface area (Å²) in [5.74, 6) is -0.424. The SMILES string of the molecule is CCc1ccc(CC(=O)NCC2(C(=O)NCc3ccccc3Cl)CCN(C(=O)CN)CC2)cc1. The van der Waals surface area contributed by atoms with Crippen molar-refractivity contribution in [1.29, 1.82) is 0 Å². The Balaban J connectivity index is 1.66. The van der Waals surface area contributed by atoms with Gasteiger partial charge in [-0.25, -0.2) is 0 Å². The van der Waals surface area contributed by atoms with Crippen LogP contribution in [0.1, 0.15) is 36.5 Å². The number of aryl methyl sites for hydroxylation is 1. The van der Waals surface area contributed by atoms with E-state index in [0.717, 1.165) is 17.5 Å². The number of halogens is 1. The molecule has 1 fully saturated rings. The van der Waals surface area contributed by atoms with Gasteiger partial charge < -0.3 is 21.3 Å². The highest BCUT2D eigenvalue weighted by molar-refractivity contribution is 6.31. The fourth-order valence-corrected chi connectivity index (χ4v) is 4.41. The van der Waals surface area contributed by atoms with Crippen LogP contribution in [0.2, 0.25) is 5.02 Å². The van der Waals surface area contributed by atoms with E-state index < -0.39 is 5.41 Å². The molecule has 0 atom stereocenters. The number of hydrogen-bond donors (Lipinski definition) is 3. The first-order valence-electron chi connectivity index (χ1n) is 11.7. The van der Waals surface area contributed by atoms with Gasteiger partial charge in [-0.05, 0) is 42.0 Å². The summed E-state index contributed by atoms with van der Waals surface area (Å²) in [6.07, 6.45) is 2.08. The molecule has 3 rings (SSSR count). The van der Waals surface area contributed by atoms with Crippen molar-refractivity contribution in [2.24, 2.45) is 11.1 Å². The Morgan fingerprint density at radius 1 is 1.00 bits per heavy atom. The second kappa shape index (κ2) is 12.0. The van der Waals surface area contributed by atoms with Gasteiger partial charge in [0.1, 0.15) is 0 Å². The van der Waals surface area contributed by atoms with E-state index in [4.69, 9.17) is 17.3 Å². The van der Waals surface area contributed by atoms with Gasteiger partial charge in [0.2, 0.25) is 17.7 Å². The molecule has 7 nitrogen and oxygen atoms in total. The second-order valence-corrected chi connectivity index (χ2v) is 9.17. The minimum Gasteiger partial charge on any atom is -0.355 e. The van der Waals surface area contributed by atoms with E-state index in [-0.39, 0.29) is 37.2 Å². The molecule has 182 valence electrons. The summed E-state index contributed by atoms with van der Waals surface area (Å²) in [4.78, 5) is 39.7. The van der Waals surface area contributed by atoms with E-state index in [1.807, 2.05) is 42.5 Å². The molecule has 34 heavy (non-hydrogen) atoms. The van der Waals surface area contributed by atoms with Gasteiger partial charge in [-0.1, -0.05) is 61.0 Å². The average molecular weight is 485 g/mol. The lowest BCUT2D eigenvalue weighted by Crippen LogP contribution is -2.55. The molecule has 0 saturated carbocycles. The predicted molar refractivity (Wildman–Crippen MR) is 133 cm³/mol. The summed E-state index contributed by atoms with van der Waals surface area (Å²) in [7, 11) is 0. The fraction of sp³-hybridized carbons (Fsp3) is 0.423. The first kappa shape index (κ1) is 25.7. The number of amides is 3. The molecule has 0 bridgehead atoms. The third kappa shape index (κ3) is 6.58. The smallest absolute Gasteiger partial charge is 0.236 e. The molecule has 2 aromatic carbocycles. The van der Waals surface area contributed by atoms with Crippen LogP contribution in [0.15, 0.2) is 48.5 Å². The van der Waals surface area contributed by atoms with E-state index in [1.54, 1.807) is 11.0 Å². The highest BCUT2D eigenvalue weighted by Gasteiger charge is 2.42. The molecule has 8 heteroatoms. The van der Waals surface area contributed by atoms with E-state index in [2.05, 4.69) is 17.6 Å². The molecular formula is C26H33ClN4O3. The maximum Gasteiger partial charge on any atom is 0.236 e. The zero-order chi connectivity index (χ0) is 24.6. The number of carbonyl (C=O) groups is 3. The number of carbonyl (C=O) groups excluding carboxylic acids is 3. The number of nitrogens with one attached hydrogen (secondary N) is 2. The quantitative estimate of drug-likeness (QED) is 0.508. The van der Waals surface area contributed by atoms with Crippen LogP contribution in [-0.2, 0) is 33.8 Å². The molecule has 4 N–H and O–H groups in total. The Morgan fingerprint density at radius 3 is 2.26 bits per heavy atom. The summed E-state index contributed by atoms with van der Waals surface area (Å²) in [5, 5.41) is 6.54. The van der Waals surface area contributed by atoms with Gasteiger partial charge in [-0.3, -0.25) is 14.4 Å². The summed E-state index contributed by atoms with van der Waals surface area (Å²) in [5.41, 5.74) is 7.66. The summed E-state index contributed by atoms with van der Waals surface area (Å²) in [6, 6.07) is 15.3. The topological polar surface area (TPSA) is 105 Å². The van der Waals surface area contributed by atoms with Crippen LogP contribution in [-0.4, -0.2) is 48.8 Å². The molecule has 3 amide bonds. The molecule has 0 radical (unpaired) electrons. The van der Waals surface area contributed by atoms with Crippen molar-refractivity contribution in [3.8, 4) is 0 Å². The first-order valence-corrected chi connectivity index (χ1v) is 12.1. The number of benzene rings is 2. The fourth-order valence-electron chi connectivity index (χ4n) is 4.21. The molecule has 0 unspecified atom stereocenters. The first-order chi connectivity index (χ1) is 16.4. The van der Waals surface area contributed by atoms with Crippen LogP contribution in [0.3, 0.4) is 0 Å². The molecule has 1 aliphatic rings. The Kier molecular flexibility index (Phi) is 9.07. The average Bonchev–Trinajstić information content (AvgIpc) is 2.87. The van der Waals surface area contributed by atoms with Crippen molar-refractivity contribution in [3.05, 3.63) is 70.2 Å². The number of rotatable bonds is 9. The van der Waals surface area contributed by atoms with E-state index in [9.17, 15) is 14.4 Å². The lowest BCUT2D eigenvalue weighted by atomic mass is 9.77. The molecule has 0 aromatic heterocycles. The molecule has 1 aliphatic heterocycles. The van der Waals surface area contributed by atoms with Gasteiger partial charge in [0, 0.05) is 31.2 Å². The van der Waals surface area contributed by atoms with Crippen molar-refractivity contribution >= 4 is 29.3 Å². The number of piperidine rings is 1. The lowest BCUT2D eigenvalue weighted by molar-refractivity contribution is -0.140. The Bertz CT molecular complexity index is 1000. The largest absolute Gasteiger partial charge is 0.355 e. The van der Waals surface area contributed by atoms with Gasteiger partial charge in [-0.2, -0.15) is 0 Å². The van der Waals surface area contributed by atoms with Crippen molar-refractivity contribution < 1.29 is 14.4 Å². The second-order valence-electron chi connectivity index (χ2n) is 8.76. The Morgan fingerprint density at radius 2 is 1.65 bits per heavy atom. The zero-order valence-electron chi connectivity index (χ0n) is 19.6. The van der Waals surface area contributed by atoms with Crippen molar-refractivity contribution in [2.75, 3.05) is 26.2 Å². The highest BCUT2D eigenvalue weighted by atomic mass is 35.5. The summed E-state index contributed by atoms with van der Waals surface area (Å²) in [6.45, 7) is 3.37. The van der Waals surface area contributed by atoms with Gasteiger partial charge in [0.05, 0.1) is 18.4 Å². The van der Waals surface area contributed by atoms with Crippen LogP contribution >= 0.6 is 11.6 Å². The van der Waals surface area contributed by atoms with Gasteiger partial charge >= 0.3 is 0 Å². The van der Waals surface area contributed by atoms with Gasteiger partial charge in [0.25, 0.3) is 0 Å². The Hall–Kier alpha value is -2.90. The maximum atomic E-state index is 13.4. The highest BCUT2D eigenvalue weighted by Crippen LogP contribution is 2.32. The normalized spacial score (nSPS) is 15.0. The number of nitrogens with zero attached hydrogens (tertiary/aromatic N) is 1.